The molecule has 0 atom stereocenters. The Morgan fingerprint density at radius 2 is 1.73 bits per heavy atom. The zero-order valence-electron chi connectivity index (χ0n) is 17.4. The van der Waals surface area contributed by atoms with Crippen LogP contribution in [-0.2, 0) is 17.5 Å². The summed E-state index contributed by atoms with van der Waals surface area (Å²) in [6, 6.07) is 3.29. The maximum atomic E-state index is 13.0. The minimum absolute atomic E-state index is 0.0973. The number of halogens is 3. The summed E-state index contributed by atoms with van der Waals surface area (Å²) in [4.78, 5) is 27.2. The molecule has 1 aromatic rings. The van der Waals surface area contributed by atoms with Gasteiger partial charge in [0.25, 0.3) is 0 Å². The summed E-state index contributed by atoms with van der Waals surface area (Å²) in [7, 11) is 0. The normalized spacial score (nSPS) is 19.5. The van der Waals surface area contributed by atoms with E-state index < -0.39 is 28.9 Å². The molecule has 30 heavy (non-hydrogen) atoms. The van der Waals surface area contributed by atoms with Gasteiger partial charge in [0.05, 0.1) is 11.1 Å². The lowest BCUT2D eigenvalue weighted by molar-refractivity contribution is -0.138. The van der Waals surface area contributed by atoms with Crippen LogP contribution < -0.4 is 0 Å². The summed E-state index contributed by atoms with van der Waals surface area (Å²) in [5.74, 6) is -1.58. The molecule has 0 radical (unpaired) electrons. The average Bonchev–Trinajstić information content (AvgIpc) is 2.58. The number of carbonyl (C=O) groups excluding carboxylic acids is 1. The van der Waals surface area contributed by atoms with Crippen molar-refractivity contribution in [3.05, 3.63) is 34.9 Å². The number of aromatic carboxylic acids is 1. The van der Waals surface area contributed by atoms with E-state index in [1.165, 1.54) is 6.07 Å². The number of hydrogen-bond donors (Lipinski definition) is 1. The number of carbonyl (C=O) groups is 2. The van der Waals surface area contributed by atoms with Gasteiger partial charge in [-0.3, -0.25) is 4.90 Å². The molecule has 0 unspecified atom stereocenters. The van der Waals surface area contributed by atoms with Crippen molar-refractivity contribution in [3.63, 3.8) is 0 Å². The predicted molar refractivity (Wildman–Crippen MR) is 103 cm³/mol. The van der Waals surface area contributed by atoms with Crippen molar-refractivity contribution in [1.29, 1.82) is 0 Å². The number of benzene rings is 1. The smallest absolute Gasteiger partial charge is 0.417 e. The largest absolute Gasteiger partial charge is 0.478 e. The van der Waals surface area contributed by atoms with Crippen LogP contribution in [0.15, 0.2) is 18.2 Å². The fourth-order valence-electron chi connectivity index (χ4n) is 4.19. The van der Waals surface area contributed by atoms with Gasteiger partial charge < -0.3 is 14.7 Å². The van der Waals surface area contributed by atoms with Crippen molar-refractivity contribution in [2.45, 2.75) is 51.9 Å². The summed E-state index contributed by atoms with van der Waals surface area (Å²) >= 11 is 0. The molecule has 2 aliphatic rings. The highest BCUT2D eigenvalue weighted by molar-refractivity contribution is 5.89. The first-order valence-electron chi connectivity index (χ1n) is 9.92. The van der Waals surface area contributed by atoms with Crippen LogP contribution in [0.5, 0.6) is 0 Å². The first-order chi connectivity index (χ1) is 13.8. The molecule has 0 aliphatic carbocycles. The highest BCUT2D eigenvalue weighted by Gasteiger charge is 2.45. The molecule has 6 nitrogen and oxygen atoms in total. The van der Waals surface area contributed by atoms with E-state index in [0.717, 1.165) is 38.1 Å². The molecule has 0 bridgehead atoms. The zero-order valence-corrected chi connectivity index (χ0v) is 17.4. The Hall–Kier alpha value is -2.29. The molecular formula is C21H27F3N2O4. The number of hydrogen-bond acceptors (Lipinski definition) is 4. The second kappa shape index (κ2) is 7.76. The summed E-state index contributed by atoms with van der Waals surface area (Å²) in [5.41, 5.74) is -1.74. The maximum absolute atomic E-state index is 13.0. The number of piperidine rings is 1. The van der Waals surface area contributed by atoms with Crippen LogP contribution >= 0.6 is 0 Å². The number of carboxylic acid groups (broad SMARTS) is 1. The van der Waals surface area contributed by atoms with Crippen LogP contribution in [0.2, 0.25) is 0 Å². The van der Waals surface area contributed by atoms with Gasteiger partial charge in [0.1, 0.15) is 5.60 Å². The van der Waals surface area contributed by atoms with Crippen LogP contribution in [0.1, 0.15) is 55.1 Å². The molecule has 2 fully saturated rings. The van der Waals surface area contributed by atoms with Gasteiger partial charge in [-0.15, -0.1) is 0 Å². The third kappa shape index (κ3) is 5.06. The SMILES string of the molecule is CC(C)(C)OC(=O)N1CCC2(CC1)CN(Cc1ccc(C(F)(F)F)c(C(=O)O)c1)C2. The lowest BCUT2D eigenvalue weighted by Gasteiger charge is -2.54. The van der Waals surface area contributed by atoms with Gasteiger partial charge >= 0.3 is 18.2 Å². The van der Waals surface area contributed by atoms with Crippen molar-refractivity contribution in [2.75, 3.05) is 26.2 Å². The van der Waals surface area contributed by atoms with E-state index in [2.05, 4.69) is 4.90 Å². The van der Waals surface area contributed by atoms with Crippen LogP contribution in [0.3, 0.4) is 0 Å². The predicted octanol–water partition coefficient (Wildman–Crippen LogP) is 4.24. The maximum Gasteiger partial charge on any atom is 0.417 e. The van der Waals surface area contributed by atoms with E-state index in [9.17, 15) is 22.8 Å². The van der Waals surface area contributed by atoms with Crippen LogP contribution in [0.25, 0.3) is 0 Å². The molecule has 2 aliphatic heterocycles. The first kappa shape index (κ1) is 22.4. The Bertz CT molecular complexity index is 817. The zero-order chi connectivity index (χ0) is 22.3. The second-order valence-corrected chi connectivity index (χ2v) is 9.30. The molecule has 9 heteroatoms. The fourth-order valence-corrected chi connectivity index (χ4v) is 4.19. The summed E-state index contributed by atoms with van der Waals surface area (Å²) < 4.78 is 44.4. The number of amides is 1. The van der Waals surface area contributed by atoms with E-state index in [-0.39, 0.29) is 11.5 Å². The Kier molecular flexibility index (Phi) is 5.79. The van der Waals surface area contributed by atoms with Crippen LogP contribution in [0.4, 0.5) is 18.0 Å². The standard InChI is InChI=1S/C21H27F3N2O4/c1-19(2,3)30-18(29)26-8-6-20(7-9-26)12-25(13-20)11-14-4-5-16(21(22,23)24)15(10-14)17(27)28/h4-5,10H,6-9,11-13H2,1-3H3,(H,27,28). The fraction of sp³-hybridized carbons (Fsp3) is 0.619. The number of carboxylic acids is 1. The van der Waals surface area contributed by atoms with Gasteiger partial charge in [-0.2, -0.15) is 13.2 Å². The number of rotatable bonds is 3. The molecule has 1 N–H and O–H groups in total. The van der Waals surface area contributed by atoms with Crippen LogP contribution in [0, 0.1) is 5.41 Å². The minimum Gasteiger partial charge on any atom is -0.478 e. The molecule has 1 aromatic carbocycles. The molecule has 1 amide bonds. The average molecular weight is 428 g/mol. The Morgan fingerprint density at radius 3 is 2.23 bits per heavy atom. The van der Waals surface area contributed by atoms with Crippen LogP contribution in [-0.4, -0.2) is 58.7 Å². The van der Waals surface area contributed by atoms with E-state index >= 15 is 0 Å². The van der Waals surface area contributed by atoms with E-state index in [1.54, 1.807) is 4.90 Å². The highest BCUT2D eigenvalue weighted by Crippen LogP contribution is 2.41. The molecule has 0 saturated carbocycles. The summed E-state index contributed by atoms with van der Waals surface area (Å²) in [5, 5.41) is 9.14. The first-order valence-corrected chi connectivity index (χ1v) is 9.92. The topological polar surface area (TPSA) is 70.1 Å². The van der Waals surface area contributed by atoms with Gasteiger partial charge in [-0.05, 0) is 56.7 Å². The minimum atomic E-state index is -4.70. The molecule has 2 saturated heterocycles. The molecule has 0 aromatic heterocycles. The van der Waals surface area contributed by atoms with E-state index in [0.29, 0.717) is 25.2 Å². The molecule has 3 rings (SSSR count). The van der Waals surface area contributed by atoms with Gasteiger partial charge in [-0.25, -0.2) is 9.59 Å². The molecule has 2 heterocycles. The van der Waals surface area contributed by atoms with Gasteiger partial charge in [0, 0.05) is 32.7 Å². The third-order valence-corrected chi connectivity index (χ3v) is 5.62. The number of likely N-dealkylation sites (tertiary alicyclic amines) is 2. The van der Waals surface area contributed by atoms with Gasteiger partial charge in [0.2, 0.25) is 0 Å². The van der Waals surface area contributed by atoms with Crippen molar-refractivity contribution in [2.24, 2.45) is 5.41 Å². The third-order valence-electron chi connectivity index (χ3n) is 5.62. The Balaban J connectivity index is 1.55. The summed E-state index contributed by atoms with van der Waals surface area (Å²) in [6.45, 7) is 8.68. The number of nitrogens with zero attached hydrogens (tertiary/aromatic N) is 2. The highest BCUT2D eigenvalue weighted by atomic mass is 19.4. The molecular weight excluding hydrogens is 401 g/mol. The quantitative estimate of drug-likeness (QED) is 0.780. The van der Waals surface area contributed by atoms with E-state index in [4.69, 9.17) is 9.84 Å². The van der Waals surface area contributed by atoms with Crippen molar-refractivity contribution in [1.82, 2.24) is 9.80 Å². The van der Waals surface area contributed by atoms with E-state index in [1.807, 2.05) is 20.8 Å². The van der Waals surface area contributed by atoms with Crippen molar-refractivity contribution in [3.8, 4) is 0 Å². The summed E-state index contributed by atoms with van der Waals surface area (Å²) in [6.07, 6.45) is -3.32. The Labute approximate surface area is 173 Å². The monoisotopic (exact) mass is 428 g/mol. The lowest BCUT2D eigenvalue weighted by atomic mass is 9.72. The second-order valence-electron chi connectivity index (χ2n) is 9.30. The lowest BCUT2D eigenvalue weighted by Crippen LogP contribution is -2.60. The van der Waals surface area contributed by atoms with Gasteiger partial charge in [-0.1, -0.05) is 6.07 Å². The van der Waals surface area contributed by atoms with Crippen molar-refractivity contribution < 1.29 is 32.6 Å². The number of alkyl halides is 3. The Morgan fingerprint density at radius 1 is 1.13 bits per heavy atom. The number of ether oxygens (including phenoxy) is 1. The molecule has 1 spiro atoms. The van der Waals surface area contributed by atoms with Crippen molar-refractivity contribution >= 4 is 12.1 Å². The van der Waals surface area contributed by atoms with Gasteiger partial charge in [0.15, 0.2) is 0 Å². The molecule has 166 valence electrons.